The lowest BCUT2D eigenvalue weighted by Crippen LogP contribution is -2.36. The van der Waals surface area contributed by atoms with Crippen LogP contribution in [-0.2, 0) is 0 Å². The fourth-order valence-corrected chi connectivity index (χ4v) is 0.300. The Labute approximate surface area is 47.9 Å². The van der Waals surface area contributed by atoms with Crippen LogP contribution in [0.15, 0.2) is 0 Å². The molecular weight excluding hydrogens is 90.1 g/mol. The van der Waals surface area contributed by atoms with Gasteiger partial charge in [-0.05, 0) is 0 Å². The lowest BCUT2D eigenvalue weighted by atomic mass is 10.5. The Bertz CT molecular complexity index is 53.4. The highest BCUT2D eigenvalue weighted by atomic mass is 16.3. The topological polar surface area (TPSA) is 20.2 Å². The summed E-state index contributed by atoms with van der Waals surface area (Å²) in [6.07, 6.45) is 0. The SMILES string of the molecule is C[N+](C)(C)CCO.[2H].[2H]. The number of hydrogen-bond donors (Lipinski definition) is 1. The van der Waals surface area contributed by atoms with Crippen LogP contribution in [0.4, 0.5) is 0 Å². The van der Waals surface area contributed by atoms with Gasteiger partial charge < -0.3 is 9.59 Å². The first-order valence-corrected chi connectivity index (χ1v) is 2.47. The highest BCUT2D eigenvalue weighted by Crippen LogP contribution is 1.84. The number of aliphatic hydroxyl groups is 1. The van der Waals surface area contributed by atoms with Crippen molar-refractivity contribution in [2.24, 2.45) is 0 Å². The van der Waals surface area contributed by atoms with E-state index in [-0.39, 0.29) is 9.46 Å². The zero-order chi connectivity index (χ0) is 5.91. The van der Waals surface area contributed by atoms with Crippen molar-refractivity contribution in [1.29, 1.82) is 0 Å². The van der Waals surface area contributed by atoms with Crippen LogP contribution in [0.1, 0.15) is 2.85 Å². The van der Waals surface area contributed by atoms with Gasteiger partial charge in [0.25, 0.3) is 0 Å². The van der Waals surface area contributed by atoms with Gasteiger partial charge in [0.2, 0.25) is 0 Å². The first kappa shape index (κ1) is 6.92. The van der Waals surface area contributed by atoms with E-state index in [1.54, 1.807) is 0 Å². The molecule has 0 aromatic carbocycles. The Kier molecular flexibility index (Phi) is 2.26. The minimum atomic E-state index is 0. The van der Waals surface area contributed by atoms with Gasteiger partial charge in [-0.3, -0.25) is 0 Å². The van der Waals surface area contributed by atoms with Crippen molar-refractivity contribution in [1.82, 2.24) is 0 Å². The molecule has 0 fully saturated rings. The van der Waals surface area contributed by atoms with Crippen molar-refractivity contribution in [3.8, 4) is 0 Å². The summed E-state index contributed by atoms with van der Waals surface area (Å²) in [6.45, 7) is 1.11. The molecule has 46 valence electrons. The average Bonchev–Trinajstić information content (AvgIpc) is 1.30. The summed E-state index contributed by atoms with van der Waals surface area (Å²) in [7, 11) is 6.16. The predicted octanol–water partition coefficient (Wildman–Crippen LogP) is -0.0901. The lowest BCUT2D eigenvalue weighted by Gasteiger charge is -2.21. The fourth-order valence-electron chi connectivity index (χ4n) is 0.300. The van der Waals surface area contributed by atoms with Gasteiger partial charge in [-0.15, -0.1) is 0 Å². The average molecular weight is 108 g/mol. The largest absolute Gasteiger partial charge is 0.391 e. The lowest BCUT2D eigenvalue weighted by molar-refractivity contribution is -0.870. The van der Waals surface area contributed by atoms with Crippen LogP contribution in [-0.4, -0.2) is 43.9 Å². The number of nitrogens with zero attached hydrogens (tertiary/aromatic N) is 1. The monoisotopic (exact) mass is 108 g/mol. The van der Waals surface area contributed by atoms with E-state index < -0.39 is 0 Å². The van der Waals surface area contributed by atoms with Gasteiger partial charge in [0.05, 0.1) is 27.7 Å². The zero-order valence-corrected chi connectivity index (χ0v) is 5.31. The Hall–Kier alpha value is -0.0800. The number of hydrogen-bond acceptors (Lipinski definition) is 1. The summed E-state index contributed by atoms with van der Waals surface area (Å²) >= 11 is 0. The molecule has 2 radical (unpaired) electrons. The highest BCUT2D eigenvalue weighted by molar-refractivity contribution is 4.19. The molecule has 0 aliphatic carbocycles. The van der Waals surface area contributed by atoms with Crippen LogP contribution < -0.4 is 0 Å². The van der Waals surface area contributed by atoms with Crippen LogP contribution in [0.2, 0.25) is 0 Å². The maximum atomic E-state index is 8.39. The van der Waals surface area contributed by atoms with Gasteiger partial charge in [-0.1, -0.05) is 0 Å². The molecule has 0 heterocycles. The minimum Gasteiger partial charge on any atom is -0.391 e. The van der Waals surface area contributed by atoms with E-state index in [4.69, 9.17) is 5.11 Å². The summed E-state index contributed by atoms with van der Waals surface area (Å²) in [5.74, 6) is 0. The second-order valence-corrected chi connectivity index (χ2v) is 2.74. The van der Waals surface area contributed by atoms with Crippen molar-refractivity contribution in [2.45, 2.75) is 0 Å². The predicted molar refractivity (Wildman–Crippen MR) is 32.2 cm³/mol. The Balaban J connectivity index is -0.000000180. The first-order valence-electron chi connectivity index (χ1n) is 2.47. The summed E-state index contributed by atoms with van der Waals surface area (Å²) in [5.41, 5.74) is 0. The quantitative estimate of drug-likeness (QED) is 0.490. The molecule has 2 nitrogen and oxygen atoms in total. The number of rotatable bonds is 2. The molecule has 0 unspecified atom stereocenters. The van der Waals surface area contributed by atoms with Crippen molar-refractivity contribution in [3.05, 3.63) is 0 Å². The third-order valence-corrected chi connectivity index (χ3v) is 0.771. The maximum Gasteiger partial charge on any atom is 0.101 e. The summed E-state index contributed by atoms with van der Waals surface area (Å²) in [6, 6.07) is 0. The smallest absolute Gasteiger partial charge is 0.101 e. The van der Waals surface area contributed by atoms with Gasteiger partial charge >= 0.3 is 0 Å². The van der Waals surface area contributed by atoms with Gasteiger partial charge in [0.1, 0.15) is 6.54 Å². The summed E-state index contributed by atoms with van der Waals surface area (Å²) in [5, 5.41) is 8.39. The van der Waals surface area contributed by atoms with Crippen LogP contribution >= 0.6 is 0 Å². The van der Waals surface area contributed by atoms with E-state index in [2.05, 4.69) is 21.1 Å². The molecule has 0 atom stereocenters. The summed E-state index contributed by atoms with van der Waals surface area (Å²) < 4.78 is 0.844. The van der Waals surface area contributed by atoms with E-state index in [1.807, 2.05) is 0 Å². The van der Waals surface area contributed by atoms with Gasteiger partial charge in [-0.2, -0.15) is 0 Å². The van der Waals surface area contributed by atoms with E-state index >= 15 is 0 Å². The molecule has 2 heteroatoms. The maximum absolute atomic E-state index is 8.39. The first-order chi connectivity index (χ1) is 3.06. The number of likely N-dealkylation sites (N-methyl/N-ethyl adjacent to an activating group) is 1. The molecule has 0 amide bonds. The van der Waals surface area contributed by atoms with Crippen LogP contribution in [0.5, 0.6) is 0 Å². The molecule has 0 aliphatic heterocycles. The number of aliphatic hydroxyl groups excluding tert-OH is 1. The Morgan fingerprint density at radius 1 is 1.43 bits per heavy atom. The van der Waals surface area contributed by atoms with Crippen molar-refractivity contribution in [2.75, 3.05) is 34.3 Å². The third kappa shape index (κ3) is 5.92. The molecule has 7 heavy (non-hydrogen) atoms. The van der Waals surface area contributed by atoms with Crippen molar-refractivity contribution >= 4 is 0 Å². The Morgan fingerprint density at radius 2 is 1.86 bits per heavy atom. The molecule has 0 saturated heterocycles. The second kappa shape index (κ2) is 2.28. The molecule has 0 rings (SSSR count). The van der Waals surface area contributed by atoms with Crippen LogP contribution in [0.3, 0.4) is 0 Å². The molecule has 0 spiro atoms. The molecule has 0 aliphatic rings. The van der Waals surface area contributed by atoms with Crippen molar-refractivity contribution in [3.63, 3.8) is 0 Å². The standard InChI is InChI=1S/C5H14NO.2H/c1-6(2,3)4-5-7;;/h7H,4-5H2,1-3H3;;/q+1;;/i;2*1+1. The molecular formula is C5H16NO+. The zero-order valence-electron chi connectivity index (χ0n) is 7.31. The fraction of sp³-hybridized carbons (Fsp3) is 1.00. The van der Waals surface area contributed by atoms with E-state index in [1.165, 1.54) is 0 Å². The van der Waals surface area contributed by atoms with E-state index in [0.29, 0.717) is 0 Å². The second-order valence-electron chi connectivity index (χ2n) is 2.74. The van der Waals surface area contributed by atoms with Gasteiger partial charge in [-0.25, -0.2) is 0 Å². The third-order valence-electron chi connectivity index (χ3n) is 0.771. The highest BCUT2D eigenvalue weighted by Gasteiger charge is 2.02. The molecule has 1 N–H and O–H groups in total. The summed E-state index contributed by atoms with van der Waals surface area (Å²) in [4.78, 5) is 0. The molecule has 0 saturated carbocycles. The van der Waals surface area contributed by atoms with Crippen molar-refractivity contribution < 1.29 is 12.4 Å². The van der Waals surface area contributed by atoms with Gasteiger partial charge in [0.15, 0.2) is 0 Å². The van der Waals surface area contributed by atoms with Crippen LogP contribution in [0.25, 0.3) is 0 Å². The van der Waals surface area contributed by atoms with E-state index in [9.17, 15) is 0 Å². The number of quaternary nitrogens is 1. The molecule has 0 bridgehead atoms. The Morgan fingerprint density at radius 3 is 1.86 bits per heavy atom. The van der Waals surface area contributed by atoms with E-state index in [0.717, 1.165) is 11.0 Å². The molecule has 0 aromatic heterocycles. The minimum absolute atomic E-state index is 0. The van der Waals surface area contributed by atoms with Crippen LogP contribution in [0, 0.1) is 0 Å². The normalized spacial score (nSPS) is 12.0. The molecule has 0 aromatic rings. The van der Waals surface area contributed by atoms with Gasteiger partial charge in [0, 0.05) is 2.85 Å².